The van der Waals surface area contributed by atoms with Crippen molar-refractivity contribution in [2.24, 2.45) is 5.92 Å². The summed E-state index contributed by atoms with van der Waals surface area (Å²) in [4.78, 5) is 59.5. The molecule has 32 heavy (non-hydrogen) atoms. The second-order valence-electron chi connectivity index (χ2n) is 7.63. The van der Waals surface area contributed by atoms with Gasteiger partial charge in [0.15, 0.2) is 0 Å². The molecule has 0 aromatic heterocycles. The van der Waals surface area contributed by atoms with Crippen LogP contribution < -0.4 is 10.6 Å². The lowest BCUT2D eigenvalue weighted by atomic mass is 9.87. The summed E-state index contributed by atoms with van der Waals surface area (Å²) < 4.78 is 9.55. The highest BCUT2D eigenvalue weighted by Gasteiger charge is 2.36. The molecule has 0 fully saturated rings. The van der Waals surface area contributed by atoms with Gasteiger partial charge in [0.2, 0.25) is 11.8 Å². The standard InChI is InChI=1S/C21H29N3O8/c1-12(2)10-17(22-13(3)25)20(27)23-19(21(28)32-5)16(11-18(26)31-4)14-6-8-15(9-7-14)24(29)30/h6-9,12,16-17,19H,10-11H2,1-5H3,(H,22,25)(H,23,27)/t16-,17+,19+/m1/s1. The fraction of sp³-hybridized carbons (Fsp3) is 0.524. The molecule has 1 rings (SSSR count). The normalized spacial score (nSPS) is 13.4. The average molecular weight is 451 g/mol. The first kappa shape index (κ1) is 26.5. The number of nitro benzene ring substituents is 1. The van der Waals surface area contributed by atoms with Crippen LogP contribution in [0.4, 0.5) is 5.69 Å². The predicted molar refractivity (Wildman–Crippen MR) is 113 cm³/mol. The molecule has 0 saturated heterocycles. The predicted octanol–water partition coefficient (Wildman–Crippen LogP) is 1.45. The first-order valence-electron chi connectivity index (χ1n) is 9.96. The minimum Gasteiger partial charge on any atom is -0.469 e. The summed E-state index contributed by atoms with van der Waals surface area (Å²) in [6.07, 6.45) is 0.0157. The summed E-state index contributed by atoms with van der Waals surface area (Å²) in [7, 11) is 2.31. The van der Waals surface area contributed by atoms with Crippen molar-refractivity contribution in [2.75, 3.05) is 14.2 Å². The Morgan fingerprint density at radius 2 is 1.62 bits per heavy atom. The maximum atomic E-state index is 12.9. The van der Waals surface area contributed by atoms with Gasteiger partial charge in [0.25, 0.3) is 5.69 Å². The van der Waals surface area contributed by atoms with Crippen LogP contribution in [0.1, 0.15) is 45.1 Å². The fourth-order valence-corrected chi connectivity index (χ4v) is 3.19. The molecule has 0 radical (unpaired) electrons. The Hall–Kier alpha value is -3.50. The van der Waals surface area contributed by atoms with Crippen LogP contribution in [0, 0.1) is 16.0 Å². The maximum absolute atomic E-state index is 12.9. The number of nitrogens with one attached hydrogen (secondary N) is 2. The van der Waals surface area contributed by atoms with Gasteiger partial charge in [-0.15, -0.1) is 0 Å². The molecule has 0 aliphatic carbocycles. The number of nitrogens with zero attached hydrogens (tertiary/aromatic N) is 1. The number of benzene rings is 1. The van der Waals surface area contributed by atoms with Crippen LogP contribution in [0.3, 0.4) is 0 Å². The molecule has 11 heteroatoms. The van der Waals surface area contributed by atoms with E-state index in [1.807, 2.05) is 13.8 Å². The molecule has 0 aliphatic rings. The first-order valence-corrected chi connectivity index (χ1v) is 9.96. The Morgan fingerprint density at radius 1 is 1.03 bits per heavy atom. The SMILES string of the molecule is COC(=O)C[C@H](c1ccc([N+](=O)[O-])cc1)[C@H](NC(=O)[C@H](CC(C)C)NC(C)=O)C(=O)OC. The Labute approximate surface area is 186 Å². The van der Waals surface area contributed by atoms with Crippen molar-refractivity contribution in [3.8, 4) is 0 Å². The number of non-ortho nitro benzene ring substituents is 1. The molecule has 0 heterocycles. The van der Waals surface area contributed by atoms with Crippen LogP contribution in [-0.2, 0) is 28.7 Å². The molecule has 1 aromatic rings. The average Bonchev–Trinajstić information content (AvgIpc) is 2.74. The monoisotopic (exact) mass is 451 g/mol. The van der Waals surface area contributed by atoms with E-state index in [0.29, 0.717) is 12.0 Å². The van der Waals surface area contributed by atoms with Gasteiger partial charge >= 0.3 is 11.9 Å². The van der Waals surface area contributed by atoms with Crippen molar-refractivity contribution in [2.45, 2.75) is 51.6 Å². The number of ether oxygens (including phenoxy) is 2. The Morgan fingerprint density at radius 3 is 2.06 bits per heavy atom. The molecular formula is C21H29N3O8. The number of carbonyl (C=O) groups excluding carboxylic acids is 4. The molecule has 2 N–H and O–H groups in total. The Bertz CT molecular complexity index is 838. The zero-order valence-electron chi connectivity index (χ0n) is 18.7. The lowest BCUT2D eigenvalue weighted by molar-refractivity contribution is -0.384. The first-order chi connectivity index (χ1) is 15.0. The molecule has 0 bridgehead atoms. The number of hydrogen-bond donors (Lipinski definition) is 2. The minimum atomic E-state index is -1.31. The summed E-state index contributed by atoms with van der Waals surface area (Å²) in [5.41, 5.74) is 0.212. The molecule has 2 amide bonds. The molecule has 176 valence electrons. The highest BCUT2D eigenvalue weighted by molar-refractivity contribution is 5.91. The molecule has 0 unspecified atom stereocenters. The van der Waals surface area contributed by atoms with Gasteiger partial charge in [0, 0.05) is 25.0 Å². The van der Waals surface area contributed by atoms with Crippen molar-refractivity contribution in [3.05, 3.63) is 39.9 Å². The zero-order valence-corrected chi connectivity index (χ0v) is 18.7. The van der Waals surface area contributed by atoms with E-state index in [1.54, 1.807) is 0 Å². The highest BCUT2D eigenvalue weighted by atomic mass is 16.6. The largest absolute Gasteiger partial charge is 0.469 e. The van der Waals surface area contributed by atoms with Crippen LogP contribution in [0.5, 0.6) is 0 Å². The van der Waals surface area contributed by atoms with Gasteiger partial charge in [-0.2, -0.15) is 0 Å². The minimum absolute atomic E-state index is 0.0646. The smallest absolute Gasteiger partial charge is 0.329 e. The third kappa shape index (κ3) is 7.97. The molecule has 0 aliphatic heterocycles. The van der Waals surface area contributed by atoms with Crippen LogP contribution in [0.2, 0.25) is 0 Å². The maximum Gasteiger partial charge on any atom is 0.329 e. The van der Waals surface area contributed by atoms with Crippen LogP contribution in [0.25, 0.3) is 0 Å². The van der Waals surface area contributed by atoms with E-state index in [9.17, 15) is 29.3 Å². The second kappa shape index (κ2) is 12.4. The Balaban J connectivity index is 3.34. The van der Waals surface area contributed by atoms with Gasteiger partial charge in [0.05, 0.1) is 25.6 Å². The highest BCUT2D eigenvalue weighted by Crippen LogP contribution is 2.27. The number of carbonyl (C=O) groups is 4. The van der Waals surface area contributed by atoms with Crippen molar-refractivity contribution in [1.29, 1.82) is 0 Å². The number of esters is 2. The molecule has 11 nitrogen and oxygen atoms in total. The lowest BCUT2D eigenvalue weighted by Crippen LogP contribution is -2.53. The third-order valence-corrected chi connectivity index (χ3v) is 4.70. The zero-order chi connectivity index (χ0) is 24.4. The van der Waals surface area contributed by atoms with E-state index in [-0.39, 0.29) is 18.0 Å². The molecule has 3 atom stereocenters. The summed E-state index contributed by atoms with van der Waals surface area (Å²) in [6.45, 7) is 5.02. The van der Waals surface area contributed by atoms with Crippen LogP contribution >= 0.6 is 0 Å². The van der Waals surface area contributed by atoms with E-state index in [0.717, 1.165) is 7.11 Å². The van der Waals surface area contributed by atoms with Crippen molar-refractivity contribution < 1.29 is 33.6 Å². The van der Waals surface area contributed by atoms with Crippen molar-refractivity contribution >= 4 is 29.4 Å². The summed E-state index contributed by atoms with van der Waals surface area (Å²) in [5, 5.41) is 16.1. The number of amides is 2. The van der Waals surface area contributed by atoms with Crippen molar-refractivity contribution in [3.63, 3.8) is 0 Å². The lowest BCUT2D eigenvalue weighted by Gasteiger charge is -2.28. The van der Waals surface area contributed by atoms with Crippen LogP contribution in [-0.4, -0.2) is 55.0 Å². The van der Waals surface area contributed by atoms with Gasteiger partial charge in [-0.1, -0.05) is 26.0 Å². The quantitative estimate of drug-likeness (QED) is 0.291. The van der Waals surface area contributed by atoms with Crippen molar-refractivity contribution in [1.82, 2.24) is 10.6 Å². The molecule has 0 saturated carbocycles. The topological polar surface area (TPSA) is 154 Å². The van der Waals surface area contributed by atoms with Gasteiger partial charge in [-0.3, -0.25) is 24.5 Å². The van der Waals surface area contributed by atoms with Gasteiger partial charge in [-0.25, -0.2) is 4.79 Å². The van der Waals surface area contributed by atoms with Gasteiger partial charge in [-0.05, 0) is 17.9 Å². The second-order valence-corrected chi connectivity index (χ2v) is 7.63. The van der Waals surface area contributed by atoms with E-state index in [2.05, 4.69) is 10.6 Å². The summed E-state index contributed by atoms with van der Waals surface area (Å²) in [6, 6.07) is 3.04. The van der Waals surface area contributed by atoms with Gasteiger partial charge < -0.3 is 20.1 Å². The fourth-order valence-electron chi connectivity index (χ4n) is 3.19. The van der Waals surface area contributed by atoms with E-state index in [1.165, 1.54) is 38.3 Å². The molecular weight excluding hydrogens is 422 g/mol. The number of rotatable bonds is 11. The number of methoxy groups -OCH3 is 2. The summed E-state index contributed by atoms with van der Waals surface area (Å²) >= 11 is 0. The van der Waals surface area contributed by atoms with Gasteiger partial charge in [0.1, 0.15) is 12.1 Å². The third-order valence-electron chi connectivity index (χ3n) is 4.70. The molecule has 0 spiro atoms. The van der Waals surface area contributed by atoms with E-state index < -0.39 is 46.7 Å². The number of nitro groups is 1. The van der Waals surface area contributed by atoms with E-state index in [4.69, 9.17) is 9.47 Å². The van der Waals surface area contributed by atoms with Crippen LogP contribution in [0.15, 0.2) is 24.3 Å². The number of hydrogen-bond acceptors (Lipinski definition) is 8. The summed E-state index contributed by atoms with van der Waals surface area (Å²) in [5.74, 6) is -3.39. The molecule has 1 aromatic carbocycles. The van der Waals surface area contributed by atoms with E-state index >= 15 is 0 Å². The Kier molecular flexibility index (Phi) is 10.3.